The molecule has 0 bridgehead atoms. The molecule has 7 heteroatoms. The molecule has 0 atom stereocenters. The van der Waals surface area contributed by atoms with Gasteiger partial charge in [0, 0.05) is 14.1 Å². The van der Waals surface area contributed by atoms with Crippen molar-refractivity contribution in [1.82, 2.24) is 19.1 Å². The fraction of sp³-hybridized carbons (Fsp3) is 0.250. The van der Waals surface area contributed by atoms with Gasteiger partial charge in [-0.05, 0) is 0 Å². The summed E-state index contributed by atoms with van der Waals surface area (Å²) < 4.78 is 2.22. The van der Waals surface area contributed by atoms with Crippen molar-refractivity contribution in [2.45, 2.75) is 0 Å². The normalized spacial score (nSPS) is 10.8. The molecule has 78 valence electrons. The van der Waals surface area contributed by atoms with E-state index in [1.165, 1.54) is 24.9 Å². The van der Waals surface area contributed by atoms with Crippen LogP contribution in [0.25, 0.3) is 11.2 Å². The maximum Gasteiger partial charge on any atom is 0.332 e. The first-order chi connectivity index (χ1) is 7.02. The smallest absolute Gasteiger partial charge is 0.332 e. The standard InChI is InChI=1S/C8H9N5O2/c1-12-6-5(10-3-4(9)11-6)7(14)13(2)8(12)15/h3H,1-2H3,(H2,9,11). The third-order valence-electron chi connectivity index (χ3n) is 2.17. The number of nitrogen functional groups attached to an aromatic ring is 1. The molecule has 0 aliphatic heterocycles. The Hall–Kier alpha value is -2.18. The SMILES string of the molecule is Cn1c(=O)c2ncc(N)nc2n(C)c1=O. The van der Waals surface area contributed by atoms with Crippen molar-refractivity contribution in [3.63, 3.8) is 0 Å². The van der Waals surface area contributed by atoms with E-state index < -0.39 is 11.2 Å². The first-order valence-corrected chi connectivity index (χ1v) is 4.20. The number of rotatable bonds is 0. The van der Waals surface area contributed by atoms with E-state index in [4.69, 9.17) is 5.73 Å². The third kappa shape index (κ3) is 1.20. The van der Waals surface area contributed by atoms with Crippen LogP contribution < -0.4 is 17.0 Å². The number of nitrogens with zero attached hydrogens (tertiary/aromatic N) is 4. The van der Waals surface area contributed by atoms with E-state index in [0.29, 0.717) is 0 Å². The molecule has 2 N–H and O–H groups in total. The van der Waals surface area contributed by atoms with Crippen LogP contribution in [0.4, 0.5) is 5.82 Å². The maximum absolute atomic E-state index is 11.6. The van der Waals surface area contributed by atoms with Crippen molar-refractivity contribution in [3.8, 4) is 0 Å². The van der Waals surface area contributed by atoms with E-state index >= 15 is 0 Å². The van der Waals surface area contributed by atoms with Crippen LogP contribution in [0.5, 0.6) is 0 Å². The summed E-state index contributed by atoms with van der Waals surface area (Å²) in [4.78, 5) is 30.9. The van der Waals surface area contributed by atoms with Crippen molar-refractivity contribution in [2.75, 3.05) is 5.73 Å². The van der Waals surface area contributed by atoms with Gasteiger partial charge >= 0.3 is 5.69 Å². The van der Waals surface area contributed by atoms with Crippen molar-refractivity contribution < 1.29 is 0 Å². The number of hydrogen-bond acceptors (Lipinski definition) is 5. The van der Waals surface area contributed by atoms with Crippen LogP contribution in [0, 0.1) is 0 Å². The van der Waals surface area contributed by atoms with Crippen LogP contribution in [0.15, 0.2) is 15.8 Å². The quantitative estimate of drug-likeness (QED) is 0.573. The Morgan fingerprint density at radius 1 is 1.27 bits per heavy atom. The lowest BCUT2D eigenvalue weighted by Gasteiger charge is -2.05. The zero-order chi connectivity index (χ0) is 11.2. The van der Waals surface area contributed by atoms with E-state index in [-0.39, 0.29) is 17.0 Å². The Kier molecular flexibility index (Phi) is 1.82. The molecule has 0 aliphatic rings. The van der Waals surface area contributed by atoms with Crippen LogP contribution >= 0.6 is 0 Å². The minimum Gasteiger partial charge on any atom is -0.382 e. The molecule has 0 aliphatic carbocycles. The molecule has 0 aromatic carbocycles. The number of hydrogen-bond donors (Lipinski definition) is 1. The Bertz CT molecular complexity index is 654. The molecule has 0 fully saturated rings. The Morgan fingerprint density at radius 3 is 2.60 bits per heavy atom. The molecule has 15 heavy (non-hydrogen) atoms. The number of aromatic nitrogens is 4. The highest BCUT2D eigenvalue weighted by Crippen LogP contribution is 2.02. The molecular formula is C8H9N5O2. The van der Waals surface area contributed by atoms with Gasteiger partial charge in [0.2, 0.25) is 0 Å². The summed E-state index contributed by atoms with van der Waals surface area (Å²) in [6.07, 6.45) is 1.29. The molecular weight excluding hydrogens is 198 g/mol. The van der Waals surface area contributed by atoms with Gasteiger partial charge in [0.1, 0.15) is 5.82 Å². The highest BCUT2D eigenvalue weighted by Gasteiger charge is 2.10. The van der Waals surface area contributed by atoms with E-state index in [9.17, 15) is 9.59 Å². The van der Waals surface area contributed by atoms with Crippen LogP contribution in [0.3, 0.4) is 0 Å². The monoisotopic (exact) mass is 207 g/mol. The van der Waals surface area contributed by atoms with Gasteiger partial charge in [0.15, 0.2) is 11.2 Å². The van der Waals surface area contributed by atoms with Crippen molar-refractivity contribution >= 4 is 17.0 Å². The molecule has 0 spiro atoms. The molecule has 0 saturated carbocycles. The predicted octanol–water partition coefficient (Wildman–Crippen LogP) is -1.39. The lowest BCUT2D eigenvalue weighted by atomic mass is 10.5. The van der Waals surface area contributed by atoms with Crippen LogP contribution in [0.2, 0.25) is 0 Å². The van der Waals surface area contributed by atoms with Gasteiger partial charge in [0.05, 0.1) is 6.20 Å². The van der Waals surface area contributed by atoms with Gasteiger partial charge in [-0.3, -0.25) is 13.9 Å². The Labute approximate surface area is 83.8 Å². The number of anilines is 1. The van der Waals surface area contributed by atoms with Crippen molar-refractivity contribution in [1.29, 1.82) is 0 Å². The minimum absolute atomic E-state index is 0.133. The highest BCUT2D eigenvalue weighted by molar-refractivity contribution is 5.69. The zero-order valence-corrected chi connectivity index (χ0v) is 8.26. The van der Waals surface area contributed by atoms with Crippen LogP contribution in [-0.4, -0.2) is 19.1 Å². The van der Waals surface area contributed by atoms with Crippen LogP contribution in [0.1, 0.15) is 0 Å². The molecule has 0 saturated heterocycles. The lowest BCUT2D eigenvalue weighted by Crippen LogP contribution is -2.37. The van der Waals surface area contributed by atoms with Gasteiger partial charge in [-0.2, -0.15) is 0 Å². The summed E-state index contributed by atoms with van der Waals surface area (Å²) in [5.41, 5.74) is 4.84. The molecule has 0 radical (unpaired) electrons. The van der Waals surface area contributed by atoms with E-state index in [1.54, 1.807) is 0 Å². The third-order valence-corrected chi connectivity index (χ3v) is 2.17. The van der Waals surface area contributed by atoms with Crippen molar-refractivity contribution in [2.24, 2.45) is 14.1 Å². The molecule has 2 rings (SSSR count). The average Bonchev–Trinajstić information content (AvgIpc) is 2.23. The second-order valence-corrected chi connectivity index (χ2v) is 3.17. The summed E-state index contributed by atoms with van der Waals surface area (Å²) in [5.74, 6) is 0.172. The van der Waals surface area contributed by atoms with Crippen molar-refractivity contribution in [3.05, 3.63) is 27.0 Å². The number of fused-ring (bicyclic) bond motifs is 1. The van der Waals surface area contributed by atoms with Gasteiger partial charge in [-0.25, -0.2) is 14.8 Å². The summed E-state index contributed by atoms with van der Waals surface area (Å²) in [6, 6.07) is 0. The number of aryl methyl sites for hydroxylation is 1. The lowest BCUT2D eigenvalue weighted by molar-refractivity contribution is 0.705. The Morgan fingerprint density at radius 2 is 1.93 bits per heavy atom. The molecule has 0 amide bonds. The van der Waals surface area contributed by atoms with Crippen LogP contribution in [-0.2, 0) is 14.1 Å². The average molecular weight is 207 g/mol. The molecule has 7 nitrogen and oxygen atoms in total. The fourth-order valence-electron chi connectivity index (χ4n) is 1.34. The first-order valence-electron chi connectivity index (χ1n) is 4.20. The first kappa shape index (κ1) is 9.38. The fourth-order valence-corrected chi connectivity index (χ4v) is 1.34. The van der Waals surface area contributed by atoms with E-state index in [0.717, 1.165) is 4.57 Å². The maximum atomic E-state index is 11.6. The second kappa shape index (κ2) is 2.91. The molecule has 2 aromatic heterocycles. The van der Waals surface area contributed by atoms with Gasteiger partial charge in [-0.1, -0.05) is 0 Å². The summed E-state index contributed by atoms with van der Waals surface area (Å²) in [5, 5.41) is 0. The summed E-state index contributed by atoms with van der Waals surface area (Å²) >= 11 is 0. The predicted molar refractivity (Wildman–Crippen MR) is 54.4 cm³/mol. The van der Waals surface area contributed by atoms with E-state index in [1.807, 2.05) is 0 Å². The molecule has 2 heterocycles. The van der Waals surface area contributed by atoms with Gasteiger partial charge < -0.3 is 5.73 Å². The molecule has 0 unspecified atom stereocenters. The minimum atomic E-state index is -0.472. The highest BCUT2D eigenvalue weighted by atomic mass is 16.2. The topological polar surface area (TPSA) is 95.8 Å². The van der Waals surface area contributed by atoms with Gasteiger partial charge in [-0.15, -0.1) is 0 Å². The summed E-state index contributed by atoms with van der Waals surface area (Å²) in [6.45, 7) is 0. The van der Waals surface area contributed by atoms with E-state index in [2.05, 4.69) is 9.97 Å². The Balaban J connectivity index is 3.15. The zero-order valence-electron chi connectivity index (χ0n) is 8.26. The van der Waals surface area contributed by atoms with Gasteiger partial charge in [0.25, 0.3) is 5.56 Å². The summed E-state index contributed by atoms with van der Waals surface area (Å²) in [7, 11) is 2.90. The largest absolute Gasteiger partial charge is 0.382 e. The number of nitrogens with two attached hydrogens (primary N) is 1. The second-order valence-electron chi connectivity index (χ2n) is 3.17. The molecule has 2 aromatic rings.